The van der Waals surface area contributed by atoms with Gasteiger partial charge in [0.25, 0.3) is 0 Å². The Balaban J connectivity index is 1.53. The second kappa shape index (κ2) is 8.44. The molecule has 0 radical (unpaired) electrons. The van der Waals surface area contributed by atoms with Crippen LogP contribution in [-0.2, 0) is 0 Å². The molecular weight excluding hydrogens is 478 g/mol. The zero-order valence-corrected chi connectivity index (χ0v) is 21.5. The Morgan fingerprint density at radius 2 is 1.05 bits per heavy atom. The molecule has 0 aliphatic carbocycles. The van der Waals surface area contributed by atoms with E-state index in [9.17, 15) is 0 Å². The van der Waals surface area contributed by atoms with Gasteiger partial charge in [0.1, 0.15) is 0 Å². The maximum Gasteiger partial charge on any atom is 0.0640 e. The number of para-hydroxylation sites is 1. The summed E-state index contributed by atoms with van der Waals surface area (Å²) >= 11 is 1.88. The van der Waals surface area contributed by atoms with E-state index in [1.165, 1.54) is 63.9 Å². The Hall–Kier alpha value is -4.66. The molecule has 0 saturated carbocycles. The van der Waals surface area contributed by atoms with Crippen LogP contribution in [0.5, 0.6) is 0 Å². The van der Waals surface area contributed by atoms with E-state index >= 15 is 0 Å². The lowest BCUT2D eigenvalue weighted by atomic mass is 9.95. The lowest BCUT2D eigenvalue weighted by Crippen LogP contribution is -2.10. The number of nitrogens with zero attached hydrogens (tertiary/aromatic N) is 1. The summed E-state index contributed by atoms with van der Waals surface area (Å²) in [6.45, 7) is 0. The van der Waals surface area contributed by atoms with E-state index in [0.29, 0.717) is 0 Å². The van der Waals surface area contributed by atoms with Crippen LogP contribution in [0.1, 0.15) is 0 Å². The summed E-state index contributed by atoms with van der Waals surface area (Å²) in [5.41, 5.74) is 3.56. The minimum atomic E-state index is 1.15. The second-order valence-electron chi connectivity index (χ2n) is 9.75. The van der Waals surface area contributed by atoms with Gasteiger partial charge < -0.3 is 4.90 Å². The van der Waals surface area contributed by atoms with Crippen molar-refractivity contribution in [2.24, 2.45) is 0 Å². The summed E-state index contributed by atoms with van der Waals surface area (Å²) in [4.78, 5) is 2.46. The number of fused-ring (bicyclic) bond motifs is 8. The fourth-order valence-corrected chi connectivity index (χ4v) is 7.13. The van der Waals surface area contributed by atoms with Crippen molar-refractivity contribution in [2.75, 3.05) is 4.90 Å². The van der Waals surface area contributed by atoms with Crippen molar-refractivity contribution in [1.82, 2.24) is 0 Å². The molecule has 0 atom stereocenters. The Morgan fingerprint density at radius 3 is 1.92 bits per heavy atom. The fraction of sp³-hybridized carbons (Fsp3) is 0. The van der Waals surface area contributed by atoms with Gasteiger partial charge in [-0.1, -0.05) is 109 Å². The number of thiophene rings is 1. The van der Waals surface area contributed by atoms with Gasteiger partial charge in [-0.3, -0.25) is 0 Å². The van der Waals surface area contributed by atoms with Crippen LogP contribution in [-0.4, -0.2) is 0 Å². The van der Waals surface area contributed by atoms with E-state index in [1.54, 1.807) is 0 Å². The van der Waals surface area contributed by atoms with Crippen LogP contribution in [0.15, 0.2) is 140 Å². The van der Waals surface area contributed by atoms with Crippen molar-refractivity contribution in [2.45, 2.75) is 0 Å². The molecule has 1 aromatic heterocycles. The highest BCUT2D eigenvalue weighted by Crippen LogP contribution is 2.47. The predicted molar refractivity (Wildman–Crippen MR) is 167 cm³/mol. The molecule has 1 heterocycles. The average molecular weight is 502 g/mol. The zero-order chi connectivity index (χ0) is 25.1. The Bertz CT molecular complexity index is 2140. The van der Waals surface area contributed by atoms with Gasteiger partial charge in [0, 0.05) is 26.5 Å². The first-order chi connectivity index (χ1) is 18.9. The highest BCUT2D eigenvalue weighted by atomic mass is 32.1. The number of anilines is 3. The molecule has 0 spiro atoms. The highest BCUT2D eigenvalue weighted by molar-refractivity contribution is 7.26. The summed E-state index contributed by atoms with van der Waals surface area (Å²) in [6.07, 6.45) is 0. The van der Waals surface area contributed by atoms with Gasteiger partial charge in [0.05, 0.1) is 16.1 Å². The van der Waals surface area contributed by atoms with Gasteiger partial charge in [-0.15, -0.1) is 11.3 Å². The summed E-state index contributed by atoms with van der Waals surface area (Å²) in [5.74, 6) is 0. The largest absolute Gasteiger partial charge is 0.308 e. The number of hydrogen-bond acceptors (Lipinski definition) is 2. The topological polar surface area (TPSA) is 3.24 Å². The Kier molecular flexibility index (Phi) is 4.76. The maximum absolute atomic E-state index is 2.46. The predicted octanol–water partition coefficient (Wildman–Crippen LogP) is 11.0. The van der Waals surface area contributed by atoms with Crippen molar-refractivity contribution in [3.8, 4) is 0 Å². The van der Waals surface area contributed by atoms with E-state index in [1.807, 2.05) is 11.3 Å². The minimum absolute atomic E-state index is 1.15. The number of benzene rings is 7. The van der Waals surface area contributed by atoms with Gasteiger partial charge in [-0.05, 0) is 57.3 Å². The van der Waals surface area contributed by atoms with Gasteiger partial charge in [-0.2, -0.15) is 0 Å². The highest BCUT2D eigenvalue weighted by Gasteiger charge is 2.21. The quantitative estimate of drug-likeness (QED) is 0.218. The molecule has 8 aromatic rings. The summed E-state index contributed by atoms with van der Waals surface area (Å²) in [6, 6.07) is 50.7. The molecule has 7 aromatic carbocycles. The molecule has 0 aliphatic rings. The maximum atomic E-state index is 2.46. The van der Waals surface area contributed by atoms with Crippen molar-refractivity contribution in [1.29, 1.82) is 0 Å². The van der Waals surface area contributed by atoms with E-state index in [2.05, 4.69) is 144 Å². The summed E-state index contributed by atoms with van der Waals surface area (Å²) in [7, 11) is 0. The summed E-state index contributed by atoms with van der Waals surface area (Å²) in [5, 5.41) is 10.3. The third kappa shape index (κ3) is 3.17. The van der Waals surface area contributed by atoms with Crippen LogP contribution in [0.3, 0.4) is 0 Å². The molecule has 0 N–H and O–H groups in total. The van der Waals surface area contributed by atoms with Crippen LogP contribution in [0.4, 0.5) is 17.1 Å². The van der Waals surface area contributed by atoms with E-state index < -0.39 is 0 Å². The van der Waals surface area contributed by atoms with Crippen LogP contribution in [0, 0.1) is 0 Å². The first kappa shape index (κ1) is 21.4. The minimum Gasteiger partial charge on any atom is -0.308 e. The lowest BCUT2D eigenvalue weighted by molar-refractivity contribution is 1.32. The van der Waals surface area contributed by atoms with Crippen LogP contribution >= 0.6 is 11.3 Å². The third-order valence-corrected chi connectivity index (χ3v) is 8.83. The standard InChI is InChI=1S/C36H23NS/c1-2-12-25(13-3-1)37(33-19-10-18-31-30-17-8-9-20-35(30)38-36(31)33)34-23-32-26-14-5-4-11-24(26)21-22-28(32)27-15-6-7-16-29(27)34/h1-23H. The fourth-order valence-electron chi connectivity index (χ4n) is 5.92. The molecular formula is C36H23NS. The molecule has 38 heavy (non-hydrogen) atoms. The molecule has 0 amide bonds. The smallest absolute Gasteiger partial charge is 0.0640 e. The normalized spacial score (nSPS) is 11.7. The third-order valence-electron chi connectivity index (χ3n) is 7.62. The molecule has 0 aliphatic heterocycles. The van der Waals surface area contributed by atoms with Crippen molar-refractivity contribution >= 4 is 80.9 Å². The van der Waals surface area contributed by atoms with Gasteiger partial charge >= 0.3 is 0 Å². The Morgan fingerprint density at radius 1 is 0.395 bits per heavy atom. The van der Waals surface area contributed by atoms with E-state index in [0.717, 1.165) is 5.69 Å². The van der Waals surface area contributed by atoms with E-state index in [-0.39, 0.29) is 0 Å². The second-order valence-corrected chi connectivity index (χ2v) is 10.8. The first-order valence-corrected chi connectivity index (χ1v) is 13.8. The molecule has 0 bridgehead atoms. The molecule has 1 nitrogen and oxygen atoms in total. The van der Waals surface area contributed by atoms with Gasteiger partial charge in [0.2, 0.25) is 0 Å². The summed E-state index contributed by atoms with van der Waals surface area (Å²) < 4.78 is 2.62. The van der Waals surface area contributed by atoms with Crippen molar-refractivity contribution in [3.05, 3.63) is 140 Å². The molecule has 2 heteroatoms. The molecule has 178 valence electrons. The SMILES string of the molecule is c1ccc(N(c2cc3c4ccccc4ccc3c3ccccc23)c2cccc3c2sc2ccccc23)cc1. The first-order valence-electron chi connectivity index (χ1n) is 13.0. The van der Waals surface area contributed by atoms with Crippen molar-refractivity contribution in [3.63, 3.8) is 0 Å². The Labute approximate surface area is 224 Å². The van der Waals surface area contributed by atoms with Gasteiger partial charge in [0.15, 0.2) is 0 Å². The number of hydrogen-bond donors (Lipinski definition) is 0. The van der Waals surface area contributed by atoms with E-state index in [4.69, 9.17) is 0 Å². The van der Waals surface area contributed by atoms with Crippen LogP contribution < -0.4 is 4.90 Å². The van der Waals surface area contributed by atoms with Crippen LogP contribution in [0.25, 0.3) is 52.5 Å². The van der Waals surface area contributed by atoms with Crippen LogP contribution in [0.2, 0.25) is 0 Å². The van der Waals surface area contributed by atoms with Crippen molar-refractivity contribution < 1.29 is 0 Å². The zero-order valence-electron chi connectivity index (χ0n) is 20.6. The lowest BCUT2D eigenvalue weighted by Gasteiger charge is -2.28. The molecule has 8 rings (SSSR count). The molecule has 0 fully saturated rings. The monoisotopic (exact) mass is 501 g/mol. The number of rotatable bonds is 3. The molecule has 0 saturated heterocycles. The molecule has 0 unspecified atom stereocenters. The average Bonchev–Trinajstić information content (AvgIpc) is 3.37. The van der Waals surface area contributed by atoms with Gasteiger partial charge in [-0.25, -0.2) is 0 Å².